The summed E-state index contributed by atoms with van der Waals surface area (Å²) < 4.78 is 16.4. The highest BCUT2D eigenvalue weighted by Crippen LogP contribution is 2.18. The van der Waals surface area contributed by atoms with Gasteiger partial charge in [0.15, 0.2) is 0 Å². The predicted molar refractivity (Wildman–Crippen MR) is 52.2 cm³/mol. The molecule has 0 spiro atoms. The zero-order valence-electron chi connectivity index (χ0n) is 8.02. The summed E-state index contributed by atoms with van der Waals surface area (Å²) in [4.78, 5) is 10.4. The molecule has 0 unspecified atom stereocenters. The number of hydrogen-bond donors (Lipinski definition) is 2. The first kappa shape index (κ1) is 11.5. The average molecular weight is 213 g/mol. The highest BCUT2D eigenvalue weighted by molar-refractivity contribution is 5.67. The standard InChI is InChI=1S/C10H12FNO3/c11-6-15-8-3-1-7(2-4-8)9(12)5-10(13)14/h1-4,9H,5-6,12H2,(H,13,14)/t9-/m1/s1. The van der Waals surface area contributed by atoms with Crippen LogP contribution in [-0.2, 0) is 4.79 Å². The van der Waals surface area contributed by atoms with Crippen LogP contribution in [0.1, 0.15) is 18.0 Å². The molecule has 15 heavy (non-hydrogen) atoms. The number of halogens is 1. The summed E-state index contributed by atoms with van der Waals surface area (Å²) in [6.45, 7) is -0.888. The third-order valence-corrected chi connectivity index (χ3v) is 1.92. The Hall–Kier alpha value is -1.62. The molecule has 1 rings (SSSR count). The van der Waals surface area contributed by atoms with Crippen LogP contribution in [0.25, 0.3) is 0 Å². The Morgan fingerprint density at radius 3 is 2.53 bits per heavy atom. The molecule has 1 aromatic rings. The first-order chi connectivity index (χ1) is 7.13. The zero-order valence-corrected chi connectivity index (χ0v) is 8.02. The number of carbonyl (C=O) groups is 1. The van der Waals surface area contributed by atoms with Crippen molar-refractivity contribution in [1.29, 1.82) is 0 Å². The smallest absolute Gasteiger partial charge is 0.305 e. The molecule has 0 aliphatic carbocycles. The van der Waals surface area contributed by atoms with Crippen LogP contribution in [0.3, 0.4) is 0 Å². The van der Waals surface area contributed by atoms with E-state index in [-0.39, 0.29) is 6.42 Å². The minimum atomic E-state index is -0.952. The van der Waals surface area contributed by atoms with Crippen molar-refractivity contribution in [2.24, 2.45) is 5.73 Å². The van der Waals surface area contributed by atoms with Crippen LogP contribution in [0.5, 0.6) is 5.75 Å². The summed E-state index contributed by atoms with van der Waals surface area (Å²) in [6, 6.07) is 5.80. The molecule has 0 aromatic heterocycles. The maximum absolute atomic E-state index is 11.8. The van der Waals surface area contributed by atoms with Crippen LogP contribution < -0.4 is 10.5 Å². The first-order valence-electron chi connectivity index (χ1n) is 4.39. The van der Waals surface area contributed by atoms with E-state index in [2.05, 4.69) is 4.74 Å². The molecule has 1 aromatic carbocycles. The largest absolute Gasteiger partial charge is 0.481 e. The molecule has 3 N–H and O–H groups in total. The molecule has 4 nitrogen and oxygen atoms in total. The van der Waals surface area contributed by atoms with Crippen molar-refractivity contribution in [2.75, 3.05) is 6.86 Å². The Balaban J connectivity index is 2.66. The van der Waals surface area contributed by atoms with Gasteiger partial charge in [0.25, 0.3) is 0 Å². The van der Waals surface area contributed by atoms with E-state index >= 15 is 0 Å². The third kappa shape index (κ3) is 3.55. The molecule has 0 bridgehead atoms. The number of rotatable bonds is 5. The number of benzene rings is 1. The lowest BCUT2D eigenvalue weighted by Gasteiger charge is -2.09. The van der Waals surface area contributed by atoms with Gasteiger partial charge < -0.3 is 15.6 Å². The molecule has 0 aliphatic rings. The number of carboxylic acid groups (broad SMARTS) is 1. The molecule has 0 radical (unpaired) electrons. The summed E-state index contributed by atoms with van der Waals surface area (Å²) in [7, 11) is 0. The first-order valence-corrected chi connectivity index (χ1v) is 4.39. The van der Waals surface area contributed by atoms with Crippen LogP contribution in [0.15, 0.2) is 24.3 Å². The van der Waals surface area contributed by atoms with Gasteiger partial charge in [-0.15, -0.1) is 0 Å². The second-order valence-corrected chi connectivity index (χ2v) is 3.03. The SMILES string of the molecule is N[C@H](CC(=O)O)c1ccc(OCF)cc1. The quantitative estimate of drug-likeness (QED) is 0.776. The minimum absolute atomic E-state index is 0.136. The normalized spacial score (nSPS) is 12.1. The molecule has 0 amide bonds. The van der Waals surface area contributed by atoms with Crippen molar-refractivity contribution in [3.8, 4) is 5.75 Å². The molecule has 0 fully saturated rings. The summed E-state index contributed by atoms with van der Waals surface area (Å²) >= 11 is 0. The molecule has 0 saturated heterocycles. The maximum Gasteiger partial charge on any atom is 0.305 e. The lowest BCUT2D eigenvalue weighted by molar-refractivity contribution is -0.137. The van der Waals surface area contributed by atoms with Crippen molar-refractivity contribution < 1.29 is 19.0 Å². The number of hydrogen-bond acceptors (Lipinski definition) is 3. The highest BCUT2D eigenvalue weighted by atomic mass is 19.1. The summed E-state index contributed by atoms with van der Waals surface area (Å²) in [5.74, 6) is -0.560. The van der Waals surface area contributed by atoms with Gasteiger partial charge in [-0.1, -0.05) is 12.1 Å². The minimum Gasteiger partial charge on any atom is -0.481 e. The molecule has 0 heterocycles. The van der Waals surface area contributed by atoms with E-state index in [0.717, 1.165) is 0 Å². The van der Waals surface area contributed by atoms with E-state index in [1.165, 1.54) is 0 Å². The number of carboxylic acids is 1. The Morgan fingerprint density at radius 2 is 2.07 bits per heavy atom. The van der Waals surface area contributed by atoms with E-state index in [1.54, 1.807) is 24.3 Å². The Bertz CT molecular complexity index is 326. The van der Waals surface area contributed by atoms with Gasteiger partial charge in [-0.2, -0.15) is 0 Å². The maximum atomic E-state index is 11.8. The van der Waals surface area contributed by atoms with Gasteiger partial charge in [0.05, 0.1) is 6.42 Å². The van der Waals surface area contributed by atoms with E-state index in [4.69, 9.17) is 10.8 Å². The number of aliphatic carboxylic acids is 1. The van der Waals surface area contributed by atoms with Crippen LogP contribution in [0, 0.1) is 0 Å². The lowest BCUT2D eigenvalue weighted by atomic mass is 10.1. The summed E-state index contributed by atoms with van der Waals surface area (Å²) in [5.41, 5.74) is 6.31. The van der Waals surface area contributed by atoms with Gasteiger partial charge in [0, 0.05) is 6.04 Å². The molecule has 0 saturated carbocycles. The van der Waals surface area contributed by atoms with E-state index in [1.807, 2.05) is 0 Å². The van der Waals surface area contributed by atoms with Crippen LogP contribution in [-0.4, -0.2) is 17.9 Å². The fraction of sp³-hybridized carbons (Fsp3) is 0.300. The average Bonchev–Trinajstić information content (AvgIpc) is 2.18. The van der Waals surface area contributed by atoms with Crippen molar-refractivity contribution in [1.82, 2.24) is 0 Å². The molecule has 82 valence electrons. The molecular formula is C10H12FNO3. The number of ether oxygens (including phenoxy) is 1. The van der Waals surface area contributed by atoms with E-state index in [0.29, 0.717) is 11.3 Å². The second-order valence-electron chi connectivity index (χ2n) is 3.03. The van der Waals surface area contributed by atoms with Crippen LogP contribution >= 0.6 is 0 Å². The lowest BCUT2D eigenvalue weighted by Crippen LogP contribution is -2.14. The number of nitrogens with two attached hydrogens (primary N) is 1. The third-order valence-electron chi connectivity index (χ3n) is 1.92. The fourth-order valence-corrected chi connectivity index (χ4v) is 1.18. The second kappa shape index (κ2) is 5.31. The highest BCUT2D eigenvalue weighted by Gasteiger charge is 2.10. The van der Waals surface area contributed by atoms with Gasteiger partial charge in [-0.25, -0.2) is 4.39 Å². The predicted octanol–water partition coefficient (Wildman–Crippen LogP) is 1.47. The summed E-state index contributed by atoms with van der Waals surface area (Å²) in [5, 5.41) is 8.53. The molecule has 1 atom stereocenters. The Kier molecular flexibility index (Phi) is 4.05. The summed E-state index contributed by atoms with van der Waals surface area (Å²) in [6.07, 6.45) is -0.136. The van der Waals surface area contributed by atoms with Crippen LogP contribution in [0.2, 0.25) is 0 Å². The molecule has 0 aliphatic heterocycles. The Labute approximate surface area is 86.5 Å². The fourth-order valence-electron chi connectivity index (χ4n) is 1.18. The topological polar surface area (TPSA) is 72.6 Å². The van der Waals surface area contributed by atoms with Gasteiger partial charge >= 0.3 is 5.97 Å². The van der Waals surface area contributed by atoms with Crippen molar-refractivity contribution in [3.63, 3.8) is 0 Å². The van der Waals surface area contributed by atoms with Gasteiger partial charge in [0.1, 0.15) is 5.75 Å². The van der Waals surface area contributed by atoms with Gasteiger partial charge in [0.2, 0.25) is 6.86 Å². The van der Waals surface area contributed by atoms with Gasteiger partial charge in [-0.3, -0.25) is 4.79 Å². The zero-order chi connectivity index (χ0) is 11.3. The van der Waals surface area contributed by atoms with E-state index < -0.39 is 18.9 Å². The molecule has 5 heteroatoms. The Morgan fingerprint density at radius 1 is 1.47 bits per heavy atom. The van der Waals surface area contributed by atoms with Crippen molar-refractivity contribution in [3.05, 3.63) is 29.8 Å². The van der Waals surface area contributed by atoms with Crippen molar-refractivity contribution in [2.45, 2.75) is 12.5 Å². The van der Waals surface area contributed by atoms with E-state index in [9.17, 15) is 9.18 Å². The molecular weight excluding hydrogens is 201 g/mol. The van der Waals surface area contributed by atoms with Crippen LogP contribution in [0.4, 0.5) is 4.39 Å². The number of alkyl halides is 1. The van der Waals surface area contributed by atoms with Crippen molar-refractivity contribution >= 4 is 5.97 Å². The monoisotopic (exact) mass is 213 g/mol. The van der Waals surface area contributed by atoms with Gasteiger partial charge in [-0.05, 0) is 17.7 Å².